The lowest BCUT2D eigenvalue weighted by molar-refractivity contribution is 0.0758. The van der Waals surface area contributed by atoms with Gasteiger partial charge in [0.2, 0.25) is 15.0 Å². The number of halogens is 1. The molecule has 0 unspecified atom stereocenters. The van der Waals surface area contributed by atoms with Gasteiger partial charge in [0.1, 0.15) is 0 Å². The topological polar surface area (TPSA) is 72.3 Å². The number of amides is 1. The zero-order chi connectivity index (χ0) is 24.9. The van der Waals surface area contributed by atoms with E-state index in [0.717, 1.165) is 5.56 Å². The van der Waals surface area contributed by atoms with E-state index in [1.807, 2.05) is 39.0 Å². The summed E-state index contributed by atoms with van der Waals surface area (Å²) in [5.74, 6) is -0.178. The van der Waals surface area contributed by atoms with Crippen LogP contribution in [0.25, 0.3) is 0 Å². The zero-order valence-electron chi connectivity index (χ0n) is 19.7. The molecule has 0 spiro atoms. The first-order valence-electron chi connectivity index (χ1n) is 11.1. The van der Waals surface area contributed by atoms with E-state index >= 15 is 0 Å². The molecule has 0 fully saturated rings. The summed E-state index contributed by atoms with van der Waals surface area (Å²) in [6.45, 7) is 10.7. The average molecular weight is 500 g/mol. The molecule has 1 amide bonds. The molecule has 3 rings (SSSR count). The lowest BCUT2D eigenvalue weighted by Crippen LogP contribution is -2.32. The Morgan fingerprint density at radius 3 is 2.59 bits per heavy atom. The molecule has 0 aliphatic heterocycles. The summed E-state index contributed by atoms with van der Waals surface area (Å²) in [5, 5.41) is 0.491. The van der Waals surface area contributed by atoms with Crippen molar-refractivity contribution >= 4 is 27.3 Å². The van der Waals surface area contributed by atoms with Crippen molar-refractivity contribution in [1.82, 2.24) is 14.5 Å². The van der Waals surface area contributed by atoms with Crippen LogP contribution in [0.1, 0.15) is 41.0 Å². The van der Waals surface area contributed by atoms with Crippen LogP contribution in [0, 0.1) is 12.8 Å². The number of carbonyl (C=O) groups is 1. The van der Waals surface area contributed by atoms with Crippen LogP contribution in [-0.4, -0.2) is 35.3 Å². The van der Waals surface area contributed by atoms with Crippen LogP contribution in [0.4, 0.5) is 0 Å². The second kappa shape index (κ2) is 11.0. The van der Waals surface area contributed by atoms with E-state index in [2.05, 4.69) is 11.6 Å². The number of benzene rings is 2. The highest BCUT2D eigenvalue weighted by Crippen LogP contribution is 2.22. The maximum Gasteiger partial charge on any atom is 0.254 e. The number of aromatic nitrogens is 2. The molecular weight excluding hydrogens is 470 g/mol. The quantitative estimate of drug-likeness (QED) is 0.355. The average Bonchev–Trinajstić information content (AvgIpc) is 3.15. The van der Waals surface area contributed by atoms with E-state index in [0.29, 0.717) is 34.9 Å². The van der Waals surface area contributed by atoms with Gasteiger partial charge in [0.15, 0.2) is 0 Å². The Kier molecular flexibility index (Phi) is 8.33. The Morgan fingerprint density at radius 2 is 1.94 bits per heavy atom. The maximum atomic E-state index is 13.3. The van der Waals surface area contributed by atoms with Crippen LogP contribution in [0.5, 0.6) is 0 Å². The third-order valence-corrected chi connectivity index (χ3v) is 7.06. The summed E-state index contributed by atoms with van der Waals surface area (Å²) in [7, 11) is -3.70. The summed E-state index contributed by atoms with van der Waals surface area (Å²) < 4.78 is 28.4. The Morgan fingerprint density at radius 1 is 1.21 bits per heavy atom. The number of sulfone groups is 1. The van der Waals surface area contributed by atoms with Gasteiger partial charge < -0.3 is 9.47 Å². The van der Waals surface area contributed by atoms with Crippen LogP contribution < -0.4 is 0 Å². The number of rotatable bonds is 10. The Hall–Kier alpha value is -2.90. The summed E-state index contributed by atoms with van der Waals surface area (Å²) in [6, 6.07) is 14.2. The third kappa shape index (κ3) is 6.36. The molecule has 34 heavy (non-hydrogen) atoms. The monoisotopic (exact) mass is 499 g/mol. The van der Waals surface area contributed by atoms with Crippen LogP contribution in [0.2, 0.25) is 5.02 Å². The molecule has 0 saturated heterocycles. The number of carbonyl (C=O) groups excluding carboxylic acids is 1. The second-order valence-corrected chi connectivity index (χ2v) is 11.1. The molecule has 0 radical (unpaired) electrons. The fourth-order valence-electron chi connectivity index (χ4n) is 3.79. The van der Waals surface area contributed by atoms with E-state index in [1.54, 1.807) is 52.1 Å². The molecule has 0 aliphatic rings. The minimum absolute atomic E-state index is 0.0199. The van der Waals surface area contributed by atoms with Gasteiger partial charge in [-0.15, -0.1) is 6.58 Å². The van der Waals surface area contributed by atoms with Gasteiger partial charge in [-0.05, 0) is 36.6 Å². The van der Waals surface area contributed by atoms with Gasteiger partial charge in [0, 0.05) is 23.7 Å². The molecule has 180 valence electrons. The van der Waals surface area contributed by atoms with E-state index in [9.17, 15) is 13.2 Å². The van der Waals surface area contributed by atoms with Gasteiger partial charge in [-0.1, -0.05) is 67.4 Å². The smallest absolute Gasteiger partial charge is 0.254 e. The Balaban J connectivity index is 1.96. The molecule has 1 aromatic heterocycles. The lowest BCUT2D eigenvalue weighted by atomic mass is 10.2. The van der Waals surface area contributed by atoms with Gasteiger partial charge in [-0.3, -0.25) is 4.79 Å². The number of hydrogen-bond donors (Lipinski definition) is 0. The van der Waals surface area contributed by atoms with Crippen LogP contribution in [0.3, 0.4) is 0 Å². The molecule has 8 heteroatoms. The molecule has 0 saturated carbocycles. The van der Waals surface area contributed by atoms with E-state index in [1.165, 1.54) is 0 Å². The predicted molar refractivity (Wildman–Crippen MR) is 136 cm³/mol. The molecule has 0 aliphatic carbocycles. The second-order valence-electron chi connectivity index (χ2n) is 8.77. The van der Waals surface area contributed by atoms with E-state index < -0.39 is 9.84 Å². The molecule has 0 bridgehead atoms. The number of hydrogen-bond acceptors (Lipinski definition) is 4. The minimum atomic E-state index is -3.70. The van der Waals surface area contributed by atoms with Crippen molar-refractivity contribution in [3.8, 4) is 0 Å². The first-order chi connectivity index (χ1) is 16.1. The highest BCUT2D eigenvalue weighted by Gasteiger charge is 2.26. The zero-order valence-corrected chi connectivity index (χ0v) is 21.3. The van der Waals surface area contributed by atoms with Crippen molar-refractivity contribution in [2.45, 2.75) is 44.8 Å². The van der Waals surface area contributed by atoms with Crippen molar-refractivity contribution in [2.24, 2.45) is 5.92 Å². The summed E-state index contributed by atoms with van der Waals surface area (Å²) in [5.41, 5.74) is 2.81. The molecule has 0 N–H and O–H groups in total. The van der Waals surface area contributed by atoms with Crippen molar-refractivity contribution in [3.05, 3.63) is 94.8 Å². The van der Waals surface area contributed by atoms with Crippen molar-refractivity contribution < 1.29 is 13.2 Å². The van der Waals surface area contributed by atoms with E-state index in [-0.39, 0.29) is 29.3 Å². The first-order valence-corrected chi connectivity index (χ1v) is 13.1. The van der Waals surface area contributed by atoms with Crippen LogP contribution >= 0.6 is 11.6 Å². The fourth-order valence-corrected chi connectivity index (χ4v) is 5.47. The normalized spacial score (nSPS) is 11.6. The maximum absolute atomic E-state index is 13.3. The van der Waals surface area contributed by atoms with Gasteiger partial charge in [0.05, 0.1) is 24.2 Å². The molecule has 6 nitrogen and oxygen atoms in total. The predicted octanol–water partition coefficient (Wildman–Crippen LogP) is 5.30. The van der Waals surface area contributed by atoms with Crippen molar-refractivity contribution in [3.63, 3.8) is 0 Å². The molecule has 1 heterocycles. The van der Waals surface area contributed by atoms with Crippen LogP contribution in [0.15, 0.2) is 72.5 Å². The molecule has 3 aromatic rings. The van der Waals surface area contributed by atoms with E-state index in [4.69, 9.17) is 11.6 Å². The van der Waals surface area contributed by atoms with Crippen molar-refractivity contribution in [1.29, 1.82) is 0 Å². The van der Waals surface area contributed by atoms with Gasteiger partial charge in [-0.25, -0.2) is 13.4 Å². The van der Waals surface area contributed by atoms with Gasteiger partial charge in [0.25, 0.3) is 5.91 Å². The number of nitrogens with zero attached hydrogens (tertiary/aromatic N) is 3. The Bertz CT molecular complexity index is 1280. The molecule has 2 aromatic carbocycles. The number of imidazole rings is 1. The number of aryl methyl sites for hydroxylation is 1. The van der Waals surface area contributed by atoms with Crippen LogP contribution in [-0.2, 0) is 28.7 Å². The highest BCUT2D eigenvalue weighted by molar-refractivity contribution is 7.90. The SMILES string of the molecule is C=CCN(Cc1cnc(S(=O)(=O)Cc2cccc(C)c2)n1CC(C)C)C(=O)c1cccc(Cl)c1. The molecular formula is C26H30ClN3O3S. The standard InChI is InChI=1S/C26H30ClN3O3S/c1-5-12-29(25(31)22-10-7-11-23(27)14-22)17-24-15-28-26(30(24)16-19(2)3)34(32,33)18-21-9-6-8-20(4)13-21/h5-11,13-15,19H,1,12,16-18H2,2-4H3. The van der Waals surface area contributed by atoms with Gasteiger partial charge in [-0.2, -0.15) is 0 Å². The lowest BCUT2D eigenvalue weighted by Gasteiger charge is -2.23. The summed E-state index contributed by atoms with van der Waals surface area (Å²) in [4.78, 5) is 19.1. The highest BCUT2D eigenvalue weighted by atomic mass is 35.5. The Labute approximate surface area is 206 Å². The first kappa shape index (κ1) is 25.7. The summed E-state index contributed by atoms with van der Waals surface area (Å²) in [6.07, 6.45) is 3.19. The summed E-state index contributed by atoms with van der Waals surface area (Å²) >= 11 is 6.07. The van der Waals surface area contributed by atoms with Gasteiger partial charge >= 0.3 is 0 Å². The third-order valence-electron chi connectivity index (χ3n) is 5.23. The minimum Gasteiger partial charge on any atom is -0.329 e. The molecule has 0 atom stereocenters. The van der Waals surface area contributed by atoms with Crippen molar-refractivity contribution in [2.75, 3.05) is 6.54 Å². The fraction of sp³-hybridized carbons (Fsp3) is 0.308. The largest absolute Gasteiger partial charge is 0.329 e.